The molecule has 5 nitrogen and oxygen atoms in total. The number of carbonyl (C=O) groups is 1. The molecule has 2 aromatic rings. The van der Waals surface area contributed by atoms with E-state index < -0.39 is 0 Å². The van der Waals surface area contributed by atoms with E-state index in [4.69, 9.17) is 0 Å². The molecule has 1 aliphatic rings. The van der Waals surface area contributed by atoms with Crippen molar-refractivity contribution in [3.63, 3.8) is 0 Å². The summed E-state index contributed by atoms with van der Waals surface area (Å²) in [4.78, 5) is 20.8. The fourth-order valence-electron chi connectivity index (χ4n) is 3.12. The molecular weight excluding hydrogens is 312 g/mol. The lowest BCUT2D eigenvalue weighted by Gasteiger charge is -2.36. The number of aromatic nitrogens is 1. The SMILES string of the molecule is CCc1ccc(C(C)NC(=O)N2CCN(c3ccncc3)CC2)cc1. The number of rotatable bonds is 4. The van der Waals surface area contributed by atoms with Crippen LogP contribution in [0.4, 0.5) is 10.5 Å². The Kier molecular flexibility index (Phi) is 5.53. The van der Waals surface area contributed by atoms with Gasteiger partial charge in [-0.25, -0.2) is 4.79 Å². The molecule has 0 aliphatic carbocycles. The number of aryl methyl sites for hydroxylation is 1. The van der Waals surface area contributed by atoms with Crippen LogP contribution in [0.1, 0.15) is 31.0 Å². The fraction of sp³-hybridized carbons (Fsp3) is 0.400. The summed E-state index contributed by atoms with van der Waals surface area (Å²) in [6, 6.07) is 12.5. The molecule has 1 atom stereocenters. The zero-order valence-electron chi connectivity index (χ0n) is 15.0. The number of piperazine rings is 1. The Morgan fingerprint density at radius 2 is 1.72 bits per heavy atom. The molecular formula is C20H26N4O. The smallest absolute Gasteiger partial charge is 0.317 e. The van der Waals surface area contributed by atoms with Gasteiger partial charge in [0.25, 0.3) is 0 Å². The van der Waals surface area contributed by atoms with Gasteiger partial charge < -0.3 is 15.1 Å². The highest BCUT2D eigenvalue weighted by Gasteiger charge is 2.22. The molecule has 25 heavy (non-hydrogen) atoms. The molecule has 2 heterocycles. The highest BCUT2D eigenvalue weighted by molar-refractivity contribution is 5.75. The molecule has 1 fully saturated rings. The van der Waals surface area contributed by atoms with E-state index in [1.807, 2.05) is 24.0 Å². The van der Waals surface area contributed by atoms with Gasteiger partial charge in [-0.1, -0.05) is 31.2 Å². The maximum absolute atomic E-state index is 12.5. The van der Waals surface area contributed by atoms with Crippen molar-refractivity contribution in [2.75, 3.05) is 31.1 Å². The summed E-state index contributed by atoms with van der Waals surface area (Å²) in [7, 11) is 0. The van der Waals surface area contributed by atoms with Gasteiger partial charge in [0.1, 0.15) is 0 Å². The second-order valence-corrected chi connectivity index (χ2v) is 6.45. The molecule has 132 valence electrons. The molecule has 0 saturated carbocycles. The zero-order chi connectivity index (χ0) is 17.6. The van der Waals surface area contributed by atoms with Crippen molar-refractivity contribution in [3.8, 4) is 0 Å². The van der Waals surface area contributed by atoms with Crippen LogP contribution < -0.4 is 10.2 Å². The lowest BCUT2D eigenvalue weighted by Crippen LogP contribution is -2.52. The molecule has 5 heteroatoms. The Labute approximate surface area is 149 Å². The minimum atomic E-state index is 0.0108. The molecule has 0 spiro atoms. The summed E-state index contributed by atoms with van der Waals surface area (Å²) in [5.74, 6) is 0. The molecule has 1 aromatic heterocycles. The van der Waals surface area contributed by atoms with Crippen molar-refractivity contribution in [2.24, 2.45) is 0 Å². The maximum Gasteiger partial charge on any atom is 0.317 e. The van der Waals surface area contributed by atoms with Gasteiger partial charge in [0.2, 0.25) is 0 Å². The van der Waals surface area contributed by atoms with Gasteiger partial charge in [0.05, 0.1) is 6.04 Å². The van der Waals surface area contributed by atoms with E-state index in [9.17, 15) is 4.79 Å². The van der Waals surface area contributed by atoms with Gasteiger partial charge in [-0.15, -0.1) is 0 Å². The third kappa shape index (κ3) is 4.29. The Morgan fingerprint density at radius 1 is 1.08 bits per heavy atom. The first-order valence-corrected chi connectivity index (χ1v) is 8.96. The van der Waals surface area contributed by atoms with Crippen LogP contribution in [0, 0.1) is 0 Å². The van der Waals surface area contributed by atoms with Gasteiger partial charge >= 0.3 is 6.03 Å². The second-order valence-electron chi connectivity index (χ2n) is 6.45. The molecule has 2 amide bonds. The van der Waals surface area contributed by atoms with Crippen LogP contribution in [0.5, 0.6) is 0 Å². The molecule has 0 radical (unpaired) electrons. The summed E-state index contributed by atoms with van der Waals surface area (Å²) < 4.78 is 0. The van der Waals surface area contributed by atoms with Crippen LogP contribution >= 0.6 is 0 Å². The van der Waals surface area contributed by atoms with E-state index in [2.05, 4.69) is 46.4 Å². The van der Waals surface area contributed by atoms with Crippen LogP contribution in [-0.4, -0.2) is 42.1 Å². The Bertz CT molecular complexity index is 679. The molecule has 1 aromatic carbocycles. The number of urea groups is 1. The first-order chi connectivity index (χ1) is 12.2. The maximum atomic E-state index is 12.5. The second kappa shape index (κ2) is 8.01. The van der Waals surface area contributed by atoms with Gasteiger partial charge in [-0.3, -0.25) is 4.98 Å². The number of amides is 2. The van der Waals surface area contributed by atoms with Crippen molar-refractivity contribution in [1.82, 2.24) is 15.2 Å². The van der Waals surface area contributed by atoms with Gasteiger partial charge in [-0.05, 0) is 36.6 Å². The predicted octanol–water partition coefficient (Wildman–Crippen LogP) is 3.24. The molecule has 1 saturated heterocycles. The van der Waals surface area contributed by atoms with Crippen LogP contribution in [0.2, 0.25) is 0 Å². The summed E-state index contributed by atoms with van der Waals surface area (Å²) in [6.07, 6.45) is 4.64. The molecule has 1 N–H and O–H groups in total. The predicted molar refractivity (Wildman–Crippen MR) is 101 cm³/mol. The minimum absolute atomic E-state index is 0.0108. The largest absolute Gasteiger partial charge is 0.368 e. The Hall–Kier alpha value is -2.56. The highest BCUT2D eigenvalue weighted by Crippen LogP contribution is 2.17. The van der Waals surface area contributed by atoms with Crippen molar-refractivity contribution in [1.29, 1.82) is 0 Å². The Balaban J connectivity index is 1.52. The van der Waals surface area contributed by atoms with E-state index in [0.717, 1.165) is 38.2 Å². The minimum Gasteiger partial charge on any atom is -0.368 e. The number of hydrogen-bond acceptors (Lipinski definition) is 3. The van der Waals surface area contributed by atoms with Gasteiger partial charge in [-0.2, -0.15) is 0 Å². The van der Waals surface area contributed by atoms with E-state index in [1.165, 1.54) is 11.3 Å². The van der Waals surface area contributed by atoms with E-state index in [1.54, 1.807) is 12.4 Å². The van der Waals surface area contributed by atoms with Crippen molar-refractivity contribution >= 4 is 11.7 Å². The number of benzene rings is 1. The highest BCUT2D eigenvalue weighted by atomic mass is 16.2. The number of hydrogen-bond donors (Lipinski definition) is 1. The van der Waals surface area contributed by atoms with Crippen molar-refractivity contribution < 1.29 is 4.79 Å². The quantitative estimate of drug-likeness (QED) is 0.931. The number of nitrogens with one attached hydrogen (secondary N) is 1. The van der Waals surface area contributed by atoms with Crippen molar-refractivity contribution in [3.05, 3.63) is 59.9 Å². The first-order valence-electron chi connectivity index (χ1n) is 8.96. The summed E-state index contributed by atoms with van der Waals surface area (Å²) in [5, 5.41) is 3.12. The first kappa shape index (κ1) is 17.3. The fourth-order valence-corrected chi connectivity index (χ4v) is 3.12. The monoisotopic (exact) mass is 338 g/mol. The zero-order valence-corrected chi connectivity index (χ0v) is 15.0. The van der Waals surface area contributed by atoms with Crippen LogP contribution in [0.25, 0.3) is 0 Å². The van der Waals surface area contributed by atoms with Crippen LogP contribution in [0.15, 0.2) is 48.8 Å². The molecule has 0 bridgehead atoms. The molecule has 1 unspecified atom stereocenters. The third-order valence-corrected chi connectivity index (χ3v) is 4.82. The van der Waals surface area contributed by atoms with Crippen LogP contribution in [0.3, 0.4) is 0 Å². The van der Waals surface area contributed by atoms with Gasteiger partial charge in [0.15, 0.2) is 0 Å². The topological polar surface area (TPSA) is 48.5 Å². The normalized spacial score (nSPS) is 15.8. The Morgan fingerprint density at radius 3 is 2.32 bits per heavy atom. The standard InChI is InChI=1S/C20H26N4O/c1-3-17-4-6-18(7-5-17)16(2)22-20(25)24-14-12-23(13-15-24)19-8-10-21-11-9-19/h4-11,16H,3,12-15H2,1-2H3,(H,22,25). The van der Waals surface area contributed by atoms with Gasteiger partial charge in [0, 0.05) is 44.3 Å². The van der Waals surface area contributed by atoms with Crippen molar-refractivity contribution in [2.45, 2.75) is 26.3 Å². The lowest BCUT2D eigenvalue weighted by atomic mass is 10.1. The average molecular weight is 338 g/mol. The number of carbonyl (C=O) groups excluding carboxylic acids is 1. The van der Waals surface area contributed by atoms with E-state index in [-0.39, 0.29) is 12.1 Å². The summed E-state index contributed by atoms with van der Waals surface area (Å²) in [5.41, 5.74) is 3.62. The molecule has 3 rings (SSSR count). The van der Waals surface area contributed by atoms with E-state index >= 15 is 0 Å². The average Bonchev–Trinajstić information content (AvgIpc) is 2.68. The lowest BCUT2D eigenvalue weighted by molar-refractivity contribution is 0.191. The van der Waals surface area contributed by atoms with E-state index in [0.29, 0.717) is 0 Å². The number of anilines is 1. The molecule has 1 aliphatic heterocycles. The summed E-state index contributed by atoms with van der Waals surface area (Å²) in [6.45, 7) is 7.33. The summed E-state index contributed by atoms with van der Waals surface area (Å²) >= 11 is 0. The number of nitrogens with zero attached hydrogens (tertiary/aromatic N) is 3. The third-order valence-electron chi connectivity index (χ3n) is 4.82. The van der Waals surface area contributed by atoms with Crippen LogP contribution in [-0.2, 0) is 6.42 Å². The number of pyridine rings is 1.